The molecule has 0 spiro atoms. The number of carbonyl (C=O) groups is 2. The molecular weight excluding hydrogens is 262 g/mol. The van der Waals surface area contributed by atoms with Gasteiger partial charge in [0.2, 0.25) is 0 Å². The summed E-state index contributed by atoms with van der Waals surface area (Å²) in [5.41, 5.74) is 0.800. The minimum atomic E-state index is -0.538. The predicted octanol–water partition coefficient (Wildman–Crippen LogP) is 4.38. The van der Waals surface area contributed by atoms with Gasteiger partial charge in [0.1, 0.15) is 17.5 Å². The molecule has 1 rings (SSSR count). The van der Waals surface area contributed by atoms with Gasteiger partial charge >= 0.3 is 0 Å². The van der Waals surface area contributed by atoms with Gasteiger partial charge in [0, 0.05) is 25.1 Å². The lowest BCUT2D eigenvalue weighted by Crippen LogP contribution is -2.42. The monoisotopic (exact) mass is 293 g/mol. The summed E-state index contributed by atoms with van der Waals surface area (Å²) < 4.78 is 0. The van der Waals surface area contributed by atoms with E-state index in [1.807, 2.05) is 6.92 Å². The number of rotatable bonds is 8. The minimum Gasteiger partial charge on any atom is -0.298 e. The van der Waals surface area contributed by atoms with Gasteiger partial charge in [-0.3, -0.25) is 14.6 Å². The van der Waals surface area contributed by atoms with E-state index >= 15 is 0 Å². The van der Waals surface area contributed by atoms with Crippen LogP contribution in [0, 0.1) is 11.3 Å². The highest BCUT2D eigenvalue weighted by atomic mass is 16.2. The summed E-state index contributed by atoms with van der Waals surface area (Å²) in [6, 6.07) is 0. The van der Waals surface area contributed by atoms with Gasteiger partial charge in [-0.2, -0.15) is 0 Å². The molecule has 1 fully saturated rings. The van der Waals surface area contributed by atoms with E-state index in [2.05, 4.69) is 25.8 Å². The molecule has 0 amide bonds. The molecule has 1 aliphatic carbocycles. The third kappa shape index (κ3) is 5.72. The smallest absolute Gasteiger partial charge is 0.149 e. The molecule has 0 aromatic rings. The molecule has 120 valence electrons. The summed E-state index contributed by atoms with van der Waals surface area (Å²) in [7, 11) is 0. The quantitative estimate of drug-likeness (QED) is 0.492. The number of hydrogen-bond acceptors (Lipinski definition) is 3. The second-order valence-corrected chi connectivity index (χ2v) is 7.07. The fourth-order valence-corrected chi connectivity index (χ4v) is 3.08. The Morgan fingerprint density at radius 2 is 1.86 bits per heavy atom. The van der Waals surface area contributed by atoms with E-state index in [0.717, 1.165) is 31.5 Å². The Morgan fingerprint density at radius 1 is 1.14 bits per heavy atom. The lowest BCUT2D eigenvalue weighted by Gasteiger charge is -2.34. The highest BCUT2D eigenvalue weighted by Crippen LogP contribution is 2.35. The SMILES string of the molecule is CCCCCCN=C1CC(C)(C)CC(=O)C1C(=O)CCC. The first-order valence-corrected chi connectivity index (χ1v) is 8.50. The van der Waals surface area contributed by atoms with Crippen LogP contribution in [0.2, 0.25) is 0 Å². The van der Waals surface area contributed by atoms with Crippen molar-refractivity contribution >= 4 is 17.3 Å². The molecule has 0 aliphatic heterocycles. The van der Waals surface area contributed by atoms with Crippen molar-refractivity contribution in [2.45, 2.75) is 79.1 Å². The predicted molar refractivity (Wildman–Crippen MR) is 87.9 cm³/mol. The standard InChI is InChI=1S/C18H31NO2/c1-5-7-8-9-11-19-14-12-18(3,4)13-16(21)17(14)15(20)10-6-2/h17H,5-13H2,1-4H3. The van der Waals surface area contributed by atoms with Crippen molar-refractivity contribution in [2.75, 3.05) is 6.54 Å². The summed E-state index contributed by atoms with van der Waals surface area (Å²) in [6.07, 6.45) is 7.25. The molecule has 0 aromatic heterocycles. The average molecular weight is 293 g/mol. The number of unbranched alkanes of at least 4 members (excludes halogenated alkanes) is 3. The lowest BCUT2D eigenvalue weighted by molar-refractivity contribution is -0.132. The topological polar surface area (TPSA) is 46.5 Å². The van der Waals surface area contributed by atoms with Gasteiger partial charge in [-0.1, -0.05) is 47.0 Å². The van der Waals surface area contributed by atoms with Gasteiger partial charge in [0.25, 0.3) is 0 Å². The Kier molecular flexibility index (Phi) is 7.27. The van der Waals surface area contributed by atoms with Crippen molar-refractivity contribution in [3.8, 4) is 0 Å². The van der Waals surface area contributed by atoms with Crippen molar-refractivity contribution < 1.29 is 9.59 Å². The third-order valence-corrected chi connectivity index (χ3v) is 4.11. The zero-order valence-corrected chi connectivity index (χ0v) is 14.2. The molecule has 0 aromatic carbocycles. The van der Waals surface area contributed by atoms with Crippen molar-refractivity contribution in [1.82, 2.24) is 0 Å². The second-order valence-electron chi connectivity index (χ2n) is 7.07. The van der Waals surface area contributed by atoms with Gasteiger partial charge in [0.15, 0.2) is 0 Å². The molecule has 1 atom stereocenters. The van der Waals surface area contributed by atoms with Crippen LogP contribution in [0.25, 0.3) is 0 Å². The minimum absolute atomic E-state index is 0.0532. The molecule has 3 heteroatoms. The maximum atomic E-state index is 12.4. The molecule has 1 saturated carbocycles. The van der Waals surface area contributed by atoms with Gasteiger partial charge in [-0.05, 0) is 24.7 Å². The molecule has 0 heterocycles. The number of Topliss-reactive ketones (excluding diaryl/α,β-unsaturated/α-hetero) is 2. The Bertz CT molecular complexity index is 396. The Hall–Kier alpha value is -0.990. The van der Waals surface area contributed by atoms with Crippen molar-refractivity contribution in [1.29, 1.82) is 0 Å². The van der Waals surface area contributed by atoms with Gasteiger partial charge < -0.3 is 0 Å². The van der Waals surface area contributed by atoms with Crippen LogP contribution >= 0.6 is 0 Å². The van der Waals surface area contributed by atoms with Crippen LogP contribution < -0.4 is 0 Å². The van der Waals surface area contributed by atoms with Crippen LogP contribution in [-0.4, -0.2) is 23.8 Å². The molecule has 1 unspecified atom stereocenters. The zero-order valence-electron chi connectivity index (χ0n) is 14.2. The maximum absolute atomic E-state index is 12.4. The molecule has 0 radical (unpaired) electrons. The van der Waals surface area contributed by atoms with Crippen molar-refractivity contribution in [3.05, 3.63) is 0 Å². The highest BCUT2D eigenvalue weighted by Gasteiger charge is 2.41. The summed E-state index contributed by atoms with van der Waals surface area (Å²) >= 11 is 0. The molecule has 1 aliphatic rings. The van der Waals surface area contributed by atoms with Crippen LogP contribution in [0.5, 0.6) is 0 Å². The van der Waals surface area contributed by atoms with E-state index in [0.29, 0.717) is 12.8 Å². The number of carbonyl (C=O) groups excluding carboxylic acids is 2. The fraction of sp³-hybridized carbons (Fsp3) is 0.833. The second kappa shape index (κ2) is 8.45. The van der Waals surface area contributed by atoms with Crippen LogP contribution in [0.3, 0.4) is 0 Å². The highest BCUT2D eigenvalue weighted by molar-refractivity contribution is 6.22. The van der Waals surface area contributed by atoms with Crippen LogP contribution in [0.4, 0.5) is 0 Å². The first kappa shape index (κ1) is 18.1. The Balaban J connectivity index is 2.78. The lowest BCUT2D eigenvalue weighted by atomic mass is 9.69. The Morgan fingerprint density at radius 3 is 2.48 bits per heavy atom. The van der Waals surface area contributed by atoms with E-state index in [1.54, 1.807) is 0 Å². The molecular formula is C18H31NO2. The number of hydrogen-bond donors (Lipinski definition) is 0. The summed E-state index contributed by atoms with van der Waals surface area (Å²) in [4.78, 5) is 29.3. The molecule has 0 bridgehead atoms. The van der Waals surface area contributed by atoms with E-state index in [1.165, 1.54) is 19.3 Å². The van der Waals surface area contributed by atoms with Crippen LogP contribution in [0.1, 0.15) is 79.1 Å². The van der Waals surface area contributed by atoms with Gasteiger partial charge in [-0.25, -0.2) is 0 Å². The number of aliphatic imine (C=N–C) groups is 1. The first-order valence-electron chi connectivity index (χ1n) is 8.50. The fourth-order valence-electron chi connectivity index (χ4n) is 3.08. The first-order chi connectivity index (χ1) is 9.91. The van der Waals surface area contributed by atoms with E-state index in [9.17, 15) is 9.59 Å². The van der Waals surface area contributed by atoms with Crippen LogP contribution in [0.15, 0.2) is 4.99 Å². The van der Waals surface area contributed by atoms with Crippen molar-refractivity contribution in [2.24, 2.45) is 16.3 Å². The van der Waals surface area contributed by atoms with Gasteiger partial charge in [-0.15, -0.1) is 0 Å². The Labute approximate surface area is 129 Å². The van der Waals surface area contributed by atoms with E-state index in [4.69, 9.17) is 0 Å². The molecule has 0 N–H and O–H groups in total. The molecule has 21 heavy (non-hydrogen) atoms. The largest absolute Gasteiger partial charge is 0.298 e. The van der Waals surface area contributed by atoms with Crippen molar-refractivity contribution in [3.63, 3.8) is 0 Å². The summed E-state index contributed by atoms with van der Waals surface area (Å²) in [5, 5.41) is 0. The normalized spacial score (nSPS) is 23.5. The maximum Gasteiger partial charge on any atom is 0.149 e. The van der Waals surface area contributed by atoms with E-state index < -0.39 is 5.92 Å². The third-order valence-electron chi connectivity index (χ3n) is 4.11. The van der Waals surface area contributed by atoms with Gasteiger partial charge in [0.05, 0.1) is 0 Å². The van der Waals surface area contributed by atoms with Crippen LogP contribution in [-0.2, 0) is 9.59 Å². The number of nitrogens with zero attached hydrogens (tertiary/aromatic N) is 1. The van der Waals surface area contributed by atoms with E-state index in [-0.39, 0.29) is 17.0 Å². The molecule has 3 nitrogen and oxygen atoms in total. The summed E-state index contributed by atoms with van der Waals surface area (Å²) in [6.45, 7) is 9.12. The molecule has 0 saturated heterocycles. The summed E-state index contributed by atoms with van der Waals surface area (Å²) in [5.74, 6) is -0.383. The number of ketones is 2. The average Bonchev–Trinajstić information content (AvgIpc) is 2.36. The zero-order chi connectivity index (χ0) is 15.9.